The highest BCUT2D eigenvalue weighted by molar-refractivity contribution is 5.91. The van der Waals surface area contributed by atoms with E-state index in [2.05, 4.69) is 16.4 Å². The Kier molecular flexibility index (Phi) is 5.07. The molecule has 3 rings (SSSR count). The zero-order valence-electron chi connectivity index (χ0n) is 15.2. The molecular weight excluding hydrogens is 328 g/mol. The average molecular weight is 350 g/mol. The van der Waals surface area contributed by atoms with E-state index in [4.69, 9.17) is 4.74 Å². The molecule has 0 aliphatic rings. The Labute approximate surface area is 152 Å². The molecule has 0 fully saturated rings. The average Bonchev–Trinajstić information content (AvgIpc) is 2.60. The van der Waals surface area contributed by atoms with E-state index >= 15 is 0 Å². The molecule has 0 saturated heterocycles. The number of hydrogen-bond donors (Lipinski definition) is 2. The standard InChI is InChI=1S/C21H22N2O3/c1-13-10-14(2)18-12-15(21(25)23-19(18)11-13)4-9-20(24)22-16-5-7-17(26-3)8-6-16/h5-8,10-12H,4,9H2,1-3H3,(H,22,24)(H,23,25). The molecule has 0 aliphatic heterocycles. The van der Waals surface area contributed by atoms with Crippen molar-refractivity contribution in [2.24, 2.45) is 0 Å². The van der Waals surface area contributed by atoms with Crippen molar-refractivity contribution >= 4 is 22.5 Å². The molecular formula is C21H22N2O3. The Bertz CT molecular complexity index is 1000. The lowest BCUT2D eigenvalue weighted by atomic mass is 10.0. The van der Waals surface area contributed by atoms with Gasteiger partial charge >= 0.3 is 0 Å². The van der Waals surface area contributed by atoms with Gasteiger partial charge in [0.25, 0.3) is 5.56 Å². The molecule has 2 N–H and O–H groups in total. The summed E-state index contributed by atoms with van der Waals surface area (Å²) in [5.41, 5.74) is 4.24. The lowest BCUT2D eigenvalue weighted by Gasteiger charge is -2.08. The largest absolute Gasteiger partial charge is 0.497 e. The number of carbonyl (C=O) groups is 1. The molecule has 26 heavy (non-hydrogen) atoms. The molecule has 5 nitrogen and oxygen atoms in total. The summed E-state index contributed by atoms with van der Waals surface area (Å²) in [7, 11) is 1.59. The summed E-state index contributed by atoms with van der Waals surface area (Å²) in [5.74, 6) is 0.603. The van der Waals surface area contributed by atoms with Gasteiger partial charge in [0.2, 0.25) is 5.91 Å². The number of hydrogen-bond acceptors (Lipinski definition) is 3. The lowest BCUT2D eigenvalue weighted by molar-refractivity contribution is -0.116. The fourth-order valence-electron chi connectivity index (χ4n) is 3.05. The van der Waals surface area contributed by atoms with Crippen LogP contribution in [-0.2, 0) is 11.2 Å². The van der Waals surface area contributed by atoms with Crippen molar-refractivity contribution in [3.05, 3.63) is 69.5 Å². The predicted octanol–water partition coefficient (Wildman–Crippen LogP) is 3.72. The van der Waals surface area contributed by atoms with Gasteiger partial charge < -0.3 is 15.0 Å². The number of carbonyl (C=O) groups excluding carboxylic acids is 1. The monoisotopic (exact) mass is 350 g/mol. The number of aromatic amines is 1. The maximum atomic E-state index is 12.3. The van der Waals surface area contributed by atoms with Gasteiger partial charge in [-0.3, -0.25) is 9.59 Å². The fourth-order valence-corrected chi connectivity index (χ4v) is 3.05. The van der Waals surface area contributed by atoms with Crippen LogP contribution >= 0.6 is 0 Å². The Hall–Kier alpha value is -3.08. The van der Waals surface area contributed by atoms with Gasteiger partial charge in [-0.15, -0.1) is 0 Å². The van der Waals surface area contributed by atoms with Crippen LogP contribution < -0.4 is 15.6 Å². The number of ether oxygens (including phenoxy) is 1. The predicted molar refractivity (Wildman–Crippen MR) is 104 cm³/mol. The first kappa shape index (κ1) is 17.7. The molecule has 1 aromatic heterocycles. The quantitative estimate of drug-likeness (QED) is 0.737. The summed E-state index contributed by atoms with van der Waals surface area (Å²) >= 11 is 0. The first-order chi connectivity index (χ1) is 12.5. The Morgan fingerprint density at radius 2 is 1.85 bits per heavy atom. The minimum atomic E-state index is -0.139. The molecule has 0 saturated carbocycles. The summed E-state index contributed by atoms with van der Waals surface area (Å²) in [6.07, 6.45) is 0.631. The van der Waals surface area contributed by atoms with Gasteiger partial charge in [0.05, 0.1) is 7.11 Å². The maximum Gasteiger partial charge on any atom is 0.251 e. The number of methoxy groups -OCH3 is 1. The van der Waals surface area contributed by atoms with Gasteiger partial charge in [-0.05, 0) is 67.8 Å². The Balaban J connectivity index is 1.71. The normalized spacial score (nSPS) is 10.7. The lowest BCUT2D eigenvalue weighted by Crippen LogP contribution is -2.17. The summed E-state index contributed by atoms with van der Waals surface area (Å²) in [6.45, 7) is 4.02. The highest BCUT2D eigenvalue weighted by Gasteiger charge is 2.09. The first-order valence-electron chi connectivity index (χ1n) is 8.53. The van der Waals surface area contributed by atoms with Crippen LogP contribution in [0.15, 0.2) is 47.3 Å². The second kappa shape index (κ2) is 7.44. The maximum absolute atomic E-state index is 12.3. The molecule has 1 amide bonds. The second-order valence-corrected chi connectivity index (χ2v) is 6.44. The number of aromatic nitrogens is 1. The van der Waals surface area contributed by atoms with Gasteiger partial charge in [0, 0.05) is 28.6 Å². The number of fused-ring (bicyclic) bond motifs is 1. The molecule has 0 unspecified atom stereocenters. The molecule has 0 radical (unpaired) electrons. The van der Waals surface area contributed by atoms with E-state index < -0.39 is 0 Å². The zero-order chi connectivity index (χ0) is 18.7. The van der Waals surface area contributed by atoms with Gasteiger partial charge in [0.1, 0.15) is 5.75 Å². The summed E-state index contributed by atoms with van der Waals surface area (Å²) in [5, 5.41) is 3.85. The zero-order valence-corrected chi connectivity index (χ0v) is 15.2. The van der Waals surface area contributed by atoms with Crippen LogP contribution in [0.1, 0.15) is 23.1 Å². The van der Waals surface area contributed by atoms with Crippen LogP contribution in [0.4, 0.5) is 5.69 Å². The van der Waals surface area contributed by atoms with E-state index in [0.29, 0.717) is 17.7 Å². The van der Waals surface area contributed by atoms with Crippen molar-refractivity contribution < 1.29 is 9.53 Å². The molecule has 0 atom stereocenters. The van der Waals surface area contributed by atoms with Crippen LogP contribution in [0.5, 0.6) is 5.75 Å². The molecule has 3 aromatic rings. The number of aryl methyl sites for hydroxylation is 3. The summed E-state index contributed by atoms with van der Waals surface area (Å²) in [6, 6.07) is 13.1. The number of benzene rings is 2. The van der Waals surface area contributed by atoms with Gasteiger partial charge in [-0.1, -0.05) is 6.07 Å². The minimum Gasteiger partial charge on any atom is -0.497 e. The summed E-state index contributed by atoms with van der Waals surface area (Å²) < 4.78 is 5.09. The number of pyridine rings is 1. The molecule has 1 heterocycles. The molecule has 0 bridgehead atoms. The number of nitrogens with one attached hydrogen (secondary N) is 2. The van der Waals surface area contributed by atoms with Crippen LogP contribution in [0.2, 0.25) is 0 Å². The first-order valence-corrected chi connectivity index (χ1v) is 8.53. The number of rotatable bonds is 5. The van der Waals surface area contributed by atoms with Crippen molar-refractivity contribution in [1.82, 2.24) is 4.98 Å². The van der Waals surface area contributed by atoms with Crippen LogP contribution in [0, 0.1) is 13.8 Å². The van der Waals surface area contributed by atoms with Crippen LogP contribution in [-0.4, -0.2) is 18.0 Å². The highest BCUT2D eigenvalue weighted by Crippen LogP contribution is 2.19. The van der Waals surface area contributed by atoms with Gasteiger partial charge in [0.15, 0.2) is 0 Å². The smallest absolute Gasteiger partial charge is 0.251 e. The fraction of sp³-hybridized carbons (Fsp3) is 0.238. The molecule has 134 valence electrons. The Morgan fingerprint density at radius 3 is 2.54 bits per heavy atom. The van der Waals surface area contributed by atoms with Crippen molar-refractivity contribution in [1.29, 1.82) is 0 Å². The van der Waals surface area contributed by atoms with Gasteiger partial charge in [-0.25, -0.2) is 0 Å². The molecule has 5 heteroatoms. The number of H-pyrrole nitrogens is 1. The SMILES string of the molecule is COc1ccc(NC(=O)CCc2cc3c(C)cc(C)cc3[nH]c2=O)cc1. The third-order valence-electron chi connectivity index (χ3n) is 4.38. The van der Waals surface area contributed by atoms with Crippen LogP contribution in [0.25, 0.3) is 10.9 Å². The van der Waals surface area contributed by atoms with Crippen molar-refractivity contribution in [2.45, 2.75) is 26.7 Å². The number of amides is 1. The molecule has 0 spiro atoms. The van der Waals surface area contributed by atoms with Crippen LogP contribution in [0.3, 0.4) is 0 Å². The second-order valence-electron chi connectivity index (χ2n) is 6.44. The summed E-state index contributed by atoms with van der Waals surface area (Å²) in [4.78, 5) is 27.4. The molecule has 0 aliphatic carbocycles. The van der Waals surface area contributed by atoms with E-state index in [0.717, 1.165) is 27.8 Å². The number of anilines is 1. The van der Waals surface area contributed by atoms with Crippen molar-refractivity contribution in [3.8, 4) is 5.75 Å². The van der Waals surface area contributed by atoms with E-state index in [-0.39, 0.29) is 17.9 Å². The highest BCUT2D eigenvalue weighted by atomic mass is 16.5. The molecule has 2 aromatic carbocycles. The van der Waals surface area contributed by atoms with Crippen molar-refractivity contribution in [3.63, 3.8) is 0 Å². The topological polar surface area (TPSA) is 71.2 Å². The Morgan fingerprint density at radius 1 is 1.12 bits per heavy atom. The van der Waals surface area contributed by atoms with Gasteiger partial charge in [-0.2, -0.15) is 0 Å². The third kappa shape index (κ3) is 3.94. The van der Waals surface area contributed by atoms with Crippen molar-refractivity contribution in [2.75, 3.05) is 12.4 Å². The minimum absolute atomic E-state index is 0.129. The van der Waals surface area contributed by atoms with E-state index in [1.54, 1.807) is 31.4 Å². The van der Waals surface area contributed by atoms with E-state index in [9.17, 15) is 9.59 Å². The van der Waals surface area contributed by atoms with E-state index in [1.165, 1.54) is 0 Å². The third-order valence-corrected chi connectivity index (χ3v) is 4.38. The van der Waals surface area contributed by atoms with E-state index in [1.807, 2.05) is 26.0 Å².